The number of allylic oxidation sites excluding steroid dienone is 3. The zero-order valence-electron chi connectivity index (χ0n) is 19.9. The third kappa shape index (κ3) is 9.85. The van der Waals surface area contributed by atoms with Crippen LogP contribution < -0.4 is 4.74 Å². The third-order valence-electron chi connectivity index (χ3n) is 5.55. The molecule has 0 spiro atoms. The van der Waals surface area contributed by atoms with Crippen LogP contribution in [0.25, 0.3) is 0 Å². The Morgan fingerprint density at radius 2 is 2.00 bits per heavy atom. The number of hydrogen-bond acceptors (Lipinski definition) is 6. The summed E-state index contributed by atoms with van der Waals surface area (Å²) in [7, 11) is 0. The molecule has 0 radical (unpaired) electrons. The minimum atomic E-state index is -4.50. The topological polar surface area (TPSA) is 93.1 Å². The van der Waals surface area contributed by atoms with Gasteiger partial charge in [0.2, 0.25) is 0 Å². The van der Waals surface area contributed by atoms with Crippen molar-refractivity contribution in [3.63, 3.8) is 0 Å². The van der Waals surface area contributed by atoms with E-state index in [0.717, 1.165) is 12.1 Å². The molecule has 1 aliphatic carbocycles. The number of ketones is 1. The number of Topliss-reactive ketones (excluding diaryl/α,β-unsaturated/α-hetero) is 1. The highest BCUT2D eigenvalue weighted by Crippen LogP contribution is 2.34. The fraction of sp³-hybridized carbons (Fsp3) is 0.538. The lowest BCUT2D eigenvalue weighted by atomic mass is 9.90. The van der Waals surface area contributed by atoms with E-state index in [2.05, 4.69) is 0 Å². The molecule has 0 bridgehead atoms. The zero-order valence-corrected chi connectivity index (χ0v) is 19.9. The Kier molecular flexibility index (Phi) is 11.0. The summed E-state index contributed by atoms with van der Waals surface area (Å²) in [5, 5.41) is 20.4. The summed E-state index contributed by atoms with van der Waals surface area (Å²) in [5.74, 6) is -1.35. The van der Waals surface area contributed by atoms with Crippen molar-refractivity contribution in [3.8, 4) is 5.75 Å². The van der Waals surface area contributed by atoms with Crippen LogP contribution in [0.4, 0.5) is 13.2 Å². The molecule has 1 aromatic rings. The van der Waals surface area contributed by atoms with Crippen LogP contribution in [0.3, 0.4) is 0 Å². The molecule has 1 saturated carbocycles. The molecule has 2 N–H and O–H groups in total. The molecule has 2 rings (SSSR count). The normalized spacial score (nSPS) is 21.8. The molecule has 6 nitrogen and oxygen atoms in total. The number of halogens is 3. The summed E-state index contributed by atoms with van der Waals surface area (Å²) < 4.78 is 48.7. The highest BCUT2D eigenvalue weighted by molar-refractivity contribution is 5.86. The van der Waals surface area contributed by atoms with Gasteiger partial charge in [-0.15, -0.1) is 0 Å². The Bertz CT molecular complexity index is 893. The summed E-state index contributed by atoms with van der Waals surface area (Å²) in [5.41, 5.74) is -0.850. The summed E-state index contributed by atoms with van der Waals surface area (Å²) >= 11 is 0. The number of aliphatic hydroxyl groups is 2. The van der Waals surface area contributed by atoms with E-state index in [4.69, 9.17) is 9.47 Å². The van der Waals surface area contributed by atoms with E-state index in [1.807, 2.05) is 12.2 Å². The number of rotatable bonds is 12. The molecule has 4 atom stereocenters. The zero-order chi connectivity index (χ0) is 26.0. The van der Waals surface area contributed by atoms with Crippen molar-refractivity contribution in [2.75, 3.05) is 6.61 Å². The number of hydrogen-bond donors (Lipinski definition) is 2. The lowest BCUT2D eigenvalue weighted by Gasteiger charge is -2.17. The van der Waals surface area contributed by atoms with Gasteiger partial charge in [-0.3, -0.25) is 9.59 Å². The van der Waals surface area contributed by atoms with Gasteiger partial charge in [0.15, 0.2) is 0 Å². The van der Waals surface area contributed by atoms with Gasteiger partial charge in [0.25, 0.3) is 0 Å². The second kappa shape index (κ2) is 13.4. The molecule has 1 aliphatic rings. The predicted octanol–water partition coefficient (Wildman–Crippen LogP) is 4.64. The van der Waals surface area contributed by atoms with Gasteiger partial charge < -0.3 is 19.7 Å². The van der Waals surface area contributed by atoms with E-state index in [1.54, 1.807) is 13.8 Å². The standard InChI is InChI=1S/C26H33F3O6/c1-17(2)35-25(33)11-6-4-3-5-10-21-22(24(32)15-23(21)31)13-12-19(30)16-34-20-9-7-8-18(14-20)26(27,28)29/h3,5,7-9,12-14,17,19,21-23,30-31H,4,6,10-11,15-16H2,1-2H3/b5-3+,13-12+. The number of carbonyl (C=O) groups is 2. The molecule has 0 aromatic heterocycles. The van der Waals surface area contributed by atoms with Crippen molar-refractivity contribution in [1.82, 2.24) is 0 Å². The minimum Gasteiger partial charge on any atom is -0.491 e. The molecule has 35 heavy (non-hydrogen) atoms. The average molecular weight is 499 g/mol. The molecule has 1 fully saturated rings. The highest BCUT2D eigenvalue weighted by Gasteiger charge is 2.39. The molecular weight excluding hydrogens is 465 g/mol. The largest absolute Gasteiger partial charge is 0.491 e. The van der Waals surface area contributed by atoms with Gasteiger partial charge in [-0.05, 0) is 51.3 Å². The first-order valence-electron chi connectivity index (χ1n) is 11.7. The number of carbonyl (C=O) groups excluding carboxylic acids is 2. The van der Waals surface area contributed by atoms with Crippen LogP contribution in [-0.4, -0.2) is 46.9 Å². The second-order valence-electron chi connectivity index (χ2n) is 8.85. The molecule has 0 aliphatic heterocycles. The first-order valence-corrected chi connectivity index (χ1v) is 11.7. The van der Waals surface area contributed by atoms with Crippen LogP contribution in [0, 0.1) is 11.8 Å². The first-order chi connectivity index (χ1) is 16.5. The first kappa shape index (κ1) is 28.6. The predicted molar refractivity (Wildman–Crippen MR) is 124 cm³/mol. The van der Waals surface area contributed by atoms with Crippen molar-refractivity contribution in [3.05, 3.63) is 54.1 Å². The monoisotopic (exact) mass is 498 g/mol. The van der Waals surface area contributed by atoms with Crippen LogP contribution in [-0.2, 0) is 20.5 Å². The van der Waals surface area contributed by atoms with Gasteiger partial charge in [0, 0.05) is 24.7 Å². The summed E-state index contributed by atoms with van der Waals surface area (Å²) in [6, 6.07) is 4.35. The van der Waals surface area contributed by atoms with Crippen molar-refractivity contribution in [2.24, 2.45) is 11.8 Å². The highest BCUT2D eigenvalue weighted by atomic mass is 19.4. The van der Waals surface area contributed by atoms with Gasteiger partial charge in [-0.2, -0.15) is 13.2 Å². The Morgan fingerprint density at radius 3 is 2.69 bits per heavy atom. The SMILES string of the molecule is CC(C)OC(=O)CCC/C=C/CC1C(O)CC(=O)C1/C=C/C(O)COc1cccc(C(F)(F)F)c1. The third-order valence-corrected chi connectivity index (χ3v) is 5.55. The second-order valence-corrected chi connectivity index (χ2v) is 8.85. The van der Waals surface area contributed by atoms with Gasteiger partial charge >= 0.3 is 12.1 Å². The molecule has 0 saturated heterocycles. The molecule has 194 valence electrons. The average Bonchev–Trinajstić information content (AvgIpc) is 3.04. The van der Waals surface area contributed by atoms with Crippen LogP contribution in [0.1, 0.15) is 51.5 Å². The van der Waals surface area contributed by atoms with E-state index in [-0.39, 0.29) is 42.6 Å². The summed E-state index contributed by atoms with van der Waals surface area (Å²) in [4.78, 5) is 23.8. The number of unbranched alkanes of at least 4 members (excludes halogenated alkanes) is 1. The number of alkyl halides is 3. The summed E-state index contributed by atoms with van der Waals surface area (Å²) in [6.07, 6.45) is 2.17. The molecule has 9 heteroatoms. The molecule has 0 heterocycles. The van der Waals surface area contributed by atoms with Crippen molar-refractivity contribution >= 4 is 11.8 Å². The lowest BCUT2D eigenvalue weighted by Crippen LogP contribution is -2.20. The van der Waals surface area contributed by atoms with E-state index in [0.29, 0.717) is 25.7 Å². The van der Waals surface area contributed by atoms with Crippen LogP contribution in [0.5, 0.6) is 5.75 Å². The quantitative estimate of drug-likeness (QED) is 0.248. The fourth-order valence-corrected chi connectivity index (χ4v) is 3.83. The number of aliphatic hydroxyl groups excluding tert-OH is 2. The van der Waals surface area contributed by atoms with Gasteiger partial charge in [-0.1, -0.05) is 30.4 Å². The van der Waals surface area contributed by atoms with Crippen molar-refractivity contribution in [1.29, 1.82) is 0 Å². The van der Waals surface area contributed by atoms with E-state index in [9.17, 15) is 33.0 Å². The Hall–Kier alpha value is -2.65. The van der Waals surface area contributed by atoms with Crippen LogP contribution in [0.2, 0.25) is 0 Å². The minimum absolute atomic E-state index is 0.0192. The maximum atomic E-state index is 12.8. The lowest BCUT2D eigenvalue weighted by molar-refractivity contribution is -0.147. The molecule has 4 unspecified atom stereocenters. The number of benzene rings is 1. The maximum Gasteiger partial charge on any atom is 0.416 e. The van der Waals surface area contributed by atoms with E-state index in [1.165, 1.54) is 24.3 Å². The fourth-order valence-electron chi connectivity index (χ4n) is 3.83. The van der Waals surface area contributed by atoms with E-state index >= 15 is 0 Å². The van der Waals surface area contributed by atoms with Gasteiger partial charge in [0.1, 0.15) is 24.2 Å². The smallest absolute Gasteiger partial charge is 0.416 e. The summed E-state index contributed by atoms with van der Waals surface area (Å²) in [6.45, 7) is 3.30. The van der Waals surface area contributed by atoms with E-state index < -0.39 is 29.9 Å². The molecule has 1 aromatic carbocycles. The number of ether oxygens (including phenoxy) is 2. The van der Waals surface area contributed by atoms with Gasteiger partial charge in [-0.25, -0.2) is 0 Å². The Morgan fingerprint density at radius 1 is 1.26 bits per heavy atom. The van der Waals surface area contributed by atoms with Gasteiger partial charge in [0.05, 0.1) is 17.8 Å². The van der Waals surface area contributed by atoms with Crippen LogP contribution >= 0.6 is 0 Å². The molecular formula is C26H33F3O6. The molecule has 0 amide bonds. The maximum absolute atomic E-state index is 12.8. The van der Waals surface area contributed by atoms with Crippen molar-refractivity contribution in [2.45, 2.75) is 70.4 Å². The Balaban J connectivity index is 1.83. The Labute approximate surface area is 203 Å². The number of esters is 1. The van der Waals surface area contributed by atoms with Crippen molar-refractivity contribution < 1.29 is 42.4 Å². The van der Waals surface area contributed by atoms with Crippen LogP contribution in [0.15, 0.2) is 48.6 Å².